The van der Waals surface area contributed by atoms with E-state index in [0.717, 1.165) is 19.8 Å². The van der Waals surface area contributed by atoms with Crippen molar-refractivity contribution < 1.29 is 4.74 Å². The first-order chi connectivity index (χ1) is 10.1. The topological polar surface area (TPSA) is 24.5 Å². The SMILES string of the molecule is CCC1(CC)CN(CCOCC(C)C)C2(CCCC2)CN1. The van der Waals surface area contributed by atoms with Crippen LogP contribution in [0, 0.1) is 5.92 Å². The number of hydrogen-bond donors (Lipinski definition) is 1. The summed E-state index contributed by atoms with van der Waals surface area (Å²) in [6.45, 7) is 14.4. The Labute approximate surface area is 131 Å². The van der Waals surface area contributed by atoms with E-state index in [9.17, 15) is 0 Å². The van der Waals surface area contributed by atoms with Crippen LogP contribution in [0.2, 0.25) is 0 Å². The summed E-state index contributed by atoms with van der Waals surface area (Å²) in [7, 11) is 0. The predicted octanol–water partition coefficient (Wildman–Crippen LogP) is 3.44. The Morgan fingerprint density at radius 2 is 1.81 bits per heavy atom. The summed E-state index contributed by atoms with van der Waals surface area (Å²) in [5.74, 6) is 0.638. The molecule has 1 saturated heterocycles. The molecule has 124 valence electrons. The third-order valence-electron chi connectivity index (χ3n) is 5.80. The maximum Gasteiger partial charge on any atom is 0.0593 e. The van der Waals surface area contributed by atoms with Crippen LogP contribution >= 0.6 is 0 Å². The lowest BCUT2D eigenvalue weighted by Crippen LogP contribution is -2.69. The van der Waals surface area contributed by atoms with Crippen molar-refractivity contribution in [3.8, 4) is 0 Å². The zero-order valence-electron chi connectivity index (χ0n) is 14.7. The van der Waals surface area contributed by atoms with Gasteiger partial charge in [0.25, 0.3) is 0 Å². The lowest BCUT2D eigenvalue weighted by atomic mass is 9.82. The number of piperazine rings is 1. The van der Waals surface area contributed by atoms with Crippen molar-refractivity contribution in [2.24, 2.45) is 5.92 Å². The Bertz CT molecular complexity index is 306. The standard InChI is InChI=1S/C18H36N2O/c1-5-17(6-2)15-20(11-12-21-13-16(3)4)18(14-19-17)9-7-8-10-18/h16,19H,5-15H2,1-4H3. The fourth-order valence-electron chi connectivity index (χ4n) is 4.11. The Balaban J connectivity index is 1.96. The maximum absolute atomic E-state index is 5.87. The van der Waals surface area contributed by atoms with Crippen molar-refractivity contribution >= 4 is 0 Å². The van der Waals surface area contributed by atoms with Crippen LogP contribution in [-0.2, 0) is 4.74 Å². The molecule has 3 nitrogen and oxygen atoms in total. The van der Waals surface area contributed by atoms with Gasteiger partial charge in [-0.3, -0.25) is 4.90 Å². The Morgan fingerprint density at radius 1 is 1.14 bits per heavy atom. The van der Waals surface area contributed by atoms with Crippen LogP contribution < -0.4 is 5.32 Å². The normalized spacial score (nSPS) is 25.0. The monoisotopic (exact) mass is 296 g/mol. The molecule has 0 radical (unpaired) electrons. The zero-order valence-corrected chi connectivity index (χ0v) is 14.7. The molecule has 0 amide bonds. The molecule has 0 aromatic carbocycles. The first kappa shape index (κ1) is 17.2. The molecule has 0 atom stereocenters. The second-order valence-electron chi connectivity index (χ2n) is 7.66. The fraction of sp³-hybridized carbons (Fsp3) is 1.00. The molecule has 1 heterocycles. The predicted molar refractivity (Wildman–Crippen MR) is 89.7 cm³/mol. The summed E-state index contributed by atoms with van der Waals surface area (Å²) in [4.78, 5) is 2.78. The third kappa shape index (κ3) is 4.00. The molecule has 2 rings (SSSR count). The van der Waals surface area contributed by atoms with Crippen LogP contribution in [-0.4, -0.2) is 48.8 Å². The number of rotatable bonds is 7. The van der Waals surface area contributed by atoms with E-state index in [1.165, 1.54) is 51.6 Å². The van der Waals surface area contributed by atoms with Gasteiger partial charge in [0.1, 0.15) is 0 Å². The maximum atomic E-state index is 5.87. The van der Waals surface area contributed by atoms with E-state index >= 15 is 0 Å². The average molecular weight is 296 g/mol. The molecular weight excluding hydrogens is 260 g/mol. The first-order valence-corrected chi connectivity index (χ1v) is 9.14. The molecular formula is C18H36N2O. The van der Waals surface area contributed by atoms with Gasteiger partial charge < -0.3 is 10.1 Å². The van der Waals surface area contributed by atoms with Crippen LogP contribution in [0.1, 0.15) is 66.2 Å². The Morgan fingerprint density at radius 3 is 2.38 bits per heavy atom. The van der Waals surface area contributed by atoms with Crippen LogP contribution in [0.5, 0.6) is 0 Å². The Hall–Kier alpha value is -0.120. The lowest BCUT2D eigenvalue weighted by molar-refractivity contribution is -0.0182. The molecule has 1 aliphatic heterocycles. The van der Waals surface area contributed by atoms with Gasteiger partial charge in [-0.25, -0.2) is 0 Å². The second kappa shape index (κ2) is 7.43. The molecule has 2 aliphatic rings. The minimum Gasteiger partial charge on any atom is -0.380 e. The number of nitrogens with zero attached hydrogens (tertiary/aromatic N) is 1. The highest BCUT2D eigenvalue weighted by Crippen LogP contribution is 2.39. The highest BCUT2D eigenvalue weighted by Gasteiger charge is 2.47. The van der Waals surface area contributed by atoms with Crippen molar-refractivity contribution in [3.05, 3.63) is 0 Å². The number of ether oxygens (including phenoxy) is 1. The van der Waals surface area contributed by atoms with Gasteiger partial charge in [0.15, 0.2) is 0 Å². The van der Waals surface area contributed by atoms with Crippen molar-refractivity contribution in [2.75, 3.05) is 32.8 Å². The van der Waals surface area contributed by atoms with E-state index < -0.39 is 0 Å². The summed E-state index contributed by atoms with van der Waals surface area (Å²) in [5.41, 5.74) is 0.751. The lowest BCUT2D eigenvalue weighted by Gasteiger charge is -2.53. The van der Waals surface area contributed by atoms with E-state index in [-0.39, 0.29) is 0 Å². The van der Waals surface area contributed by atoms with E-state index in [1.54, 1.807) is 0 Å². The van der Waals surface area contributed by atoms with Gasteiger partial charge in [0.2, 0.25) is 0 Å². The molecule has 0 unspecified atom stereocenters. The third-order valence-corrected chi connectivity index (χ3v) is 5.80. The van der Waals surface area contributed by atoms with Crippen LogP contribution in [0.15, 0.2) is 0 Å². The van der Waals surface area contributed by atoms with Crippen molar-refractivity contribution in [3.63, 3.8) is 0 Å². The van der Waals surface area contributed by atoms with Gasteiger partial charge in [-0.1, -0.05) is 40.5 Å². The highest BCUT2D eigenvalue weighted by atomic mass is 16.5. The number of nitrogens with one attached hydrogen (secondary N) is 1. The van der Waals surface area contributed by atoms with Crippen LogP contribution in [0.3, 0.4) is 0 Å². The number of hydrogen-bond acceptors (Lipinski definition) is 3. The zero-order chi connectivity index (χ0) is 15.3. The molecule has 1 saturated carbocycles. The molecule has 1 N–H and O–H groups in total. The summed E-state index contributed by atoms with van der Waals surface area (Å²) < 4.78 is 5.87. The highest BCUT2D eigenvalue weighted by molar-refractivity contribution is 5.06. The van der Waals surface area contributed by atoms with Gasteiger partial charge in [-0.15, -0.1) is 0 Å². The molecule has 21 heavy (non-hydrogen) atoms. The smallest absolute Gasteiger partial charge is 0.0593 e. The fourth-order valence-corrected chi connectivity index (χ4v) is 4.11. The quantitative estimate of drug-likeness (QED) is 0.728. The molecule has 0 aromatic rings. The molecule has 2 fully saturated rings. The molecule has 0 aromatic heterocycles. The largest absolute Gasteiger partial charge is 0.380 e. The summed E-state index contributed by atoms with van der Waals surface area (Å²) in [6.07, 6.45) is 7.99. The summed E-state index contributed by atoms with van der Waals surface area (Å²) in [6, 6.07) is 0. The summed E-state index contributed by atoms with van der Waals surface area (Å²) >= 11 is 0. The average Bonchev–Trinajstić information content (AvgIpc) is 2.95. The van der Waals surface area contributed by atoms with E-state index in [1.807, 2.05) is 0 Å². The van der Waals surface area contributed by atoms with Gasteiger partial charge in [0, 0.05) is 37.3 Å². The van der Waals surface area contributed by atoms with Crippen molar-refractivity contribution in [2.45, 2.75) is 77.3 Å². The minimum absolute atomic E-state index is 0.325. The van der Waals surface area contributed by atoms with Gasteiger partial charge in [-0.2, -0.15) is 0 Å². The van der Waals surface area contributed by atoms with E-state index in [0.29, 0.717) is 17.0 Å². The van der Waals surface area contributed by atoms with Crippen LogP contribution in [0.25, 0.3) is 0 Å². The molecule has 1 aliphatic carbocycles. The van der Waals surface area contributed by atoms with Gasteiger partial charge in [-0.05, 0) is 31.6 Å². The molecule has 1 spiro atoms. The van der Waals surface area contributed by atoms with Gasteiger partial charge in [0.05, 0.1) is 6.61 Å². The van der Waals surface area contributed by atoms with E-state index in [2.05, 4.69) is 37.9 Å². The van der Waals surface area contributed by atoms with Crippen molar-refractivity contribution in [1.82, 2.24) is 10.2 Å². The van der Waals surface area contributed by atoms with Gasteiger partial charge >= 0.3 is 0 Å². The van der Waals surface area contributed by atoms with Crippen LogP contribution in [0.4, 0.5) is 0 Å². The van der Waals surface area contributed by atoms with E-state index in [4.69, 9.17) is 4.74 Å². The Kier molecular flexibility index (Phi) is 6.10. The van der Waals surface area contributed by atoms with Crippen molar-refractivity contribution in [1.29, 1.82) is 0 Å². The summed E-state index contributed by atoms with van der Waals surface area (Å²) in [5, 5.41) is 3.92. The first-order valence-electron chi connectivity index (χ1n) is 9.14. The molecule has 3 heteroatoms. The molecule has 0 bridgehead atoms. The second-order valence-corrected chi connectivity index (χ2v) is 7.66. The minimum atomic E-state index is 0.325.